The molecule has 2 rings (SSSR count). The molecule has 0 unspecified atom stereocenters. The van der Waals surface area contributed by atoms with Crippen LogP contribution < -0.4 is 0 Å². The summed E-state index contributed by atoms with van der Waals surface area (Å²) in [5.74, 6) is 1.09. The maximum Gasteiger partial charge on any atom is 0.115 e. The number of benzene rings is 1. The Bertz CT molecular complexity index is 378. The Kier molecular flexibility index (Phi) is 4.28. The molecule has 0 spiro atoms. The minimum Gasteiger partial charge on any atom is -0.508 e. The van der Waals surface area contributed by atoms with Gasteiger partial charge < -0.3 is 10.2 Å². The van der Waals surface area contributed by atoms with E-state index in [1.807, 2.05) is 12.1 Å². The van der Waals surface area contributed by atoms with Crippen molar-refractivity contribution in [2.45, 2.75) is 57.5 Å². The van der Waals surface area contributed by atoms with Crippen LogP contribution in [0.15, 0.2) is 24.3 Å². The van der Waals surface area contributed by atoms with Gasteiger partial charge >= 0.3 is 0 Å². The standard InChI is InChI=1S/C16H24O2/c1-2-4-13-7-9-16(18,10-8-13)12-14-5-3-6-15(17)11-14/h3,5-6,11,13,17-18H,2,4,7-10,12H2,1H3. The molecule has 18 heavy (non-hydrogen) atoms. The minimum atomic E-state index is -0.558. The number of phenolic OH excluding ortho intramolecular Hbond substituents is 1. The number of hydrogen-bond acceptors (Lipinski definition) is 2. The van der Waals surface area contributed by atoms with Crippen LogP contribution in [-0.4, -0.2) is 15.8 Å². The molecule has 0 aromatic heterocycles. The Balaban J connectivity index is 1.93. The molecule has 0 saturated heterocycles. The molecule has 1 aromatic rings. The molecule has 2 nitrogen and oxygen atoms in total. The third-order valence-corrected chi connectivity index (χ3v) is 4.18. The first-order chi connectivity index (χ1) is 8.61. The van der Waals surface area contributed by atoms with Gasteiger partial charge in [0.1, 0.15) is 5.75 Å². The fourth-order valence-electron chi connectivity index (χ4n) is 3.14. The molecule has 2 N–H and O–H groups in total. The van der Waals surface area contributed by atoms with Crippen molar-refractivity contribution in [3.63, 3.8) is 0 Å². The zero-order valence-corrected chi connectivity index (χ0v) is 11.2. The van der Waals surface area contributed by atoms with Crippen molar-refractivity contribution < 1.29 is 10.2 Å². The molecule has 0 bridgehead atoms. The second kappa shape index (κ2) is 5.75. The summed E-state index contributed by atoms with van der Waals surface area (Å²) in [6.45, 7) is 2.23. The van der Waals surface area contributed by atoms with E-state index in [0.29, 0.717) is 6.42 Å². The summed E-state index contributed by atoms with van der Waals surface area (Å²) >= 11 is 0. The second-order valence-electron chi connectivity index (χ2n) is 5.80. The van der Waals surface area contributed by atoms with E-state index in [-0.39, 0.29) is 5.75 Å². The van der Waals surface area contributed by atoms with Gasteiger partial charge in [0.25, 0.3) is 0 Å². The molecule has 100 valence electrons. The molecule has 1 aromatic carbocycles. The van der Waals surface area contributed by atoms with Crippen LogP contribution >= 0.6 is 0 Å². The lowest BCUT2D eigenvalue weighted by Crippen LogP contribution is -2.36. The Morgan fingerprint density at radius 3 is 2.61 bits per heavy atom. The molecule has 1 aliphatic rings. The average molecular weight is 248 g/mol. The first-order valence-corrected chi connectivity index (χ1v) is 7.11. The van der Waals surface area contributed by atoms with Crippen LogP contribution in [0.2, 0.25) is 0 Å². The molecule has 0 heterocycles. The monoisotopic (exact) mass is 248 g/mol. The predicted octanol–water partition coefficient (Wildman–Crippen LogP) is 3.66. The normalized spacial score (nSPS) is 28.2. The Labute approximate surface area is 110 Å². The van der Waals surface area contributed by atoms with Gasteiger partial charge in [-0.2, -0.15) is 0 Å². The van der Waals surface area contributed by atoms with E-state index in [1.54, 1.807) is 12.1 Å². The lowest BCUT2D eigenvalue weighted by molar-refractivity contribution is -0.00988. The van der Waals surface area contributed by atoms with Gasteiger partial charge in [0, 0.05) is 6.42 Å². The second-order valence-corrected chi connectivity index (χ2v) is 5.80. The van der Waals surface area contributed by atoms with Crippen molar-refractivity contribution in [3.8, 4) is 5.75 Å². The summed E-state index contributed by atoms with van der Waals surface area (Å²) in [5, 5.41) is 20.1. The van der Waals surface area contributed by atoms with Gasteiger partial charge in [-0.3, -0.25) is 0 Å². The van der Waals surface area contributed by atoms with E-state index in [0.717, 1.165) is 37.2 Å². The minimum absolute atomic E-state index is 0.288. The van der Waals surface area contributed by atoms with E-state index < -0.39 is 5.60 Å². The molecule has 0 radical (unpaired) electrons. The Morgan fingerprint density at radius 2 is 2.00 bits per heavy atom. The van der Waals surface area contributed by atoms with Gasteiger partial charge in [-0.15, -0.1) is 0 Å². The quantitative estimate of drug-likeness (QED) is 0.853. The number of rotatable bonds is 4. The van der Waals surface area contributed by atoms with E-state index in [2.05, 4.69) is 6.92 Å². The fraction of sp³-hybridized carbons (Fsp3) is 0.625. The fourth-order valence-corrected chi connectivity index (χ4v) is 3.14. The number of aromatic hydroxyl groups is 1. The van der Waals surface area contributed by atoms with Gasteiger partial charge in [-0.05, 0) is 49.3 Å². The highest BCUT2D eigenvalue weighted by Crippen LogP contribution is 2.36. The van der Waals surface area contributed by atoms with E-state index in [4.69, 9.17) is 0 Å². The van der Waals surface area contributed by atoms with Crippen molar-refractivity contribution >= 4 is 0 Å². The SMILES string of the molecule is CCCC1CCC(O)(Cc2cccc(O)c2)CC1. The van der Waals surface area contributed by atoms with Crippen molar-refractivity contribution in [2.75, 3.05) is 0 Å². The highest BCUT2D eigenvalue weighted by atomic mass is 16.3. The maximum absolute atomic E-state index is 10.6. The third kappa shape index (κ3) is 3.49. The Hall–Kier alpha value is -1.02. The van der Waals surface area contributed by atoms with Gasteiger partial charge in [0.05, 0.1) is 5.60 Å². The number of phenols is 1. The smallest absolute Gasteiger partial charge is 0.115 e. The van der Waals surface area contributed by atoms with Crippen LogP contribution in [0.5, 0.6) is 5.75 Å². The van der Waals surface area contributed by atoms with Crippen molar-refractivity contribution in [1.82, 2.24) is 0 Å². The summed E-state index contributed by atoms with van der Waals surface area (Å²) < 4.78 is 0. The largest absolute Gasteiger partial charge is 0.508 e. The van der Waals surface area contributed by atoms with Crippen molar-refractivity contribution in [3.05, 3.63) is 29.8 Å². The van der Waals surface area contributed by atoms with Crippen molar-refractivity contribution in [1.29, 1.82) is 0 Å². The molecule has 1 fully saturated rings. The molecule has 2 heteroatoms. The summed E-state index contributed by atoms with van der Waals surface area (Å²) in [6.07, 6.45) is 7.28. The van der Waals surface area contributed by atoms with Gasteiger partial charge in [0.2, 0.25) is 0 Å². The molecule has 1 saturated carbocycles. The summed E-state index contributed by atoms with van der Waals surface area (Å²) in [7, 11) is 0. The van der Waals surface area contributed by atoms with Crippen LogP contribution in [0.25, 0.3) is 0 Å². The van der Waals surface area contributed by atoms with Crippen LogP contribution in [0.4, 0.5) is 0 Å². The summed E-state index contributed by atoms with van der Waals surface area (Å²) in [6, 6.07) is 7.26. The number of hydrogen-bond donors (Lipinski definition) is 2. The zero-order chi connectivity index (χ0) is 13.0. The first kappa shape index (κ1) is 13.4. The molecular formula is C16H24O2. The third-order valence-electron chi connectivity index (χ3n) is 4.18. The lowest BCUT2D eigenvalue weighted by Gasteiger charge is -2.36. The molecule has 0 atom stereocenters. The van der Waals surface area contributed by atoms with Gasteiger partial charge in [0.15, 0.2) is 0 Å². The summed E-state index contributed by atoms with van der Waals surface area (Å²) in [5.41, 5.74) is 0.476. The molecule has 0 amide bonds. The lowest BCUT2D eigenvalue weighted by atomic mass is 9.75. The van der Waals surface area contributed by atoms with E-state index in [1.165, 1.54) is 12.8 Å². The Morgan fingerprint density at radius 1 is 1.28 bits per heavy atom. The number of aliphatic hydroxyl groups is 1. The van der Waals surface area contributed by atoms with E-state index in [9.17, 15) is 10.2 Å². The first-order valence-electron chi connectivity index (χ1n) is 7.11. The molecule has 1 aliphatic carbocycles. The predicted molar refractivity (Wildman–Crippen MR) is 73.6 cm³/mol. The molecule has 0 aliphatic heterocycles. The topological polar surface area (TPSA) is 40.5 Å². The van der Waals surface area contributed by atoms with Crippen LogP contribution in [-0.2, 0) is 6.42 Å². The van der Waals surface area contributed by atoms with E-state index >= 15 is 0 Å². The maximum atomic E-state index is 10.6. The van der Waals surface area contributed by atoms with Crippen LogP contribution in [0, 0.1) is 5.92 Å². The summed E-state index contributed by atoms with van der Waals surface area (Å²) in [4.78, 5) is 0. The van der Waals surface area contributed by atoms with Crippen LogP contribution in [0.3, 0.4) is 0 Å². The highest BCUT2D eigenvalue weighted by molar-refractivity contribution is 5.28. The molecular weight excluding hydrogens is 224 g/mol. The van der Waals surface area contributed by atoms with Gasteiger partial charge in [-0.1, -0.05) is 31.9 Å². The average Bonchev–Trinajstić information content (AvgIpc) is 2.32. The highest BCUT2D eigenvalue weighted by Gasteiger charge is 2.32. The van der Waals surface area contributed by atoms with Crippen molar-refractivity contribution in [2.24, 2.45) is 5.92 Å². The van der Waals surface area contributed by atoms with Crippen LogP contribution in [0.1, 0.15) is 51.0 Å². The van der Waals surface area contributed by atoms with Gasteiger partial charge in [-0.25, -0.2) is 0 Å². The zero-order valence-electron chi connectivity index (χ0n) is 11.2.